The molecule has 3 nitrogen and oxygen atoms in total. The lowest BCUT2D eigenvalue weighted by atomic mass is 10.1. The predicted molar refractivity (Wildman–Crippen MR) is 79.7 cm³/mol. The Hall–Kier alpha value is -1.13. The standard InChI is InChI=1S/C16H25FN2O/c1-2-19(15-5-3-10-18-13-15)11-4-12-20-16-8-6-14(17)7-9-16/h6-9,15,18H,2-5,10-13H2,1H3. The van der Waals surface area contributed by atoms with E-state index in [1.54, 1.807) is 12.1 Å². The van der Waals surface area contributed by atoms with Crippen molar-refractivity contribution in [3.05, 3.63) is 30.1 Å². The second-order valence-electron chi connectivity index (χ2n) is 5.28. The number of ether oxygens (including phenoxy) is 1. The monoisotopic (exact) mass is 280 g/mol. The van der Waals surface area contributed by atoms with Crippen LogP contribution in [0.25, 0.3) is 0 Å². The van der Waals surface area contributed by atoms with Crippen LogP contribution in [-0.4, -0.2) is 43.7 Å². The Morgan fingerprint density at radius 3 is 2.80 bits per heavy atom. The molecule has 1 atom stereocenters. The summed E-state index contributed by atoms with van der Waals surface area (Å²) >= 11 is 0. The van der Waals surface area contributed by atoms with Gasteiger partial charge in [-0.1, -0.05) is 6.92 Å². The summed E-state index contributed by atoms with van der Waals surface area (Å²) in [6.07, 6.45) is 3.56. The predicted octanol–water partition coefficient (Wildman–Crippen LogP) is 2.67. The number of nitrogens with zero attached hydrogens (tertiary/aromatic N) is 1. The summed E-state index contributed by atoms with van der Waals surface area (Å²) in [5, 5.41) is 3.46. The molecule has 1 aromatic rings. The largest absolute Gasteiger partial charge is 0.494 e. The van der Waals surface area contributed by atoms with Gasteiger partial charge in [0, 0.05) is 19.1 Å². The number of rotatable bonds is 7. The van der Waals surface area contributed by atoms with Crippen LogP contribution in [0.5, 0.6) is 5.75 Å². The Balaban J connectivity index is 1.67. The van der Waals surface area contributed by atoms with Gasteiger partial charge in [0.25, 0.3) is 0 Å². The summed E-state index contributed by atoms with van der Waals surface area (Å²) < 4.78 is 18.4. The van der Waals surface area contributed by atoms with Crippen molar-refractivity contribution >= 4 is 0 Å². The molecule has 1 unspecified atom stereocenters. The minimum Gasteiger partial charge on any atom is -0.494 e. The maximum absolute atomic E-state index is 12.8. The molecule has 0 aromatic heterocycles. The van der Waals surface area contributed by atoms with E-state index in [4.69, 9.17) is 4.74 Å². The molecule has 1 N–H and O–H groups in total. The third-order valence-electron chi connectivity index (χ3n) is 3.87. The molecule has 1 heterocycles. The number of likely N-dealkylation sites (N-methyl/N-ethyl adjacent to an activating group) is 1. The van der Waals surface area contributed by atoms with Crippen LogP contribution in [0.2, 0.25) is 0 Å². The lowest BCUT2D eigenvalue weighted by Gasteiger charge is -2.33. The molecule has 20 heavy (non-hydrogen) atoms. The molecular formula is C16H25FN2O. The van der Waals surface area contributed by atoms with Crippen LogP contribution in [0.1, 0.15) is 26.2 Å². The summed E-state index contributed by atoms with van der Waals surface area (Å²) in [5.74, 6) is 0.521. The van der Waals surface area contributed by atoms with Crippen molar-refractivity contribution in [1.82, 2.24) is 10.2 Å². The molecule has 1 aromatic carbocycles. The van der Waals surface area contributed by atoms with Gasteiger partial charge in [-0.3, -0.25) is 4.90 Å². The summed E-state index contributed by atoms with van der Waals surface area (Å²) in [6.45, 7) is 7.30. The van der Waals surface area contributed by atoms with E-state index in [2.05, 4.69) is 17.1 Å². The normalized spacial score (nSPS) is 19.2. The maximum Gasteiger partial charge on any atom is 0.123 e. The molecule has 1 saturated heterocycles. The number of hydrogen-bond acceptors (Lipinski definition) is 3. The molecule has 4 heteroatoms. The molecule has 1 aliphatic rings. The molecule has 1 fully saturated rings. The maximum atomic E-state index is 12.8. The summed E-state index contributed by atoms with van der Waals surface area (Å²) in [7, 11) is 0. The Bertz CT molecular complexity index is 377. The molecule has 112 valence electrons. The first-order chi connectivity index (χ1) is 9.79. The number of piperidine rings is 1. The van der Waals surface area contributed by atoms with Gasteiger partial charge >= 0.3 is 0 Å². The highest BCUT2D eigenvalue weighted by atomic mass is 19.1. The molecule has 0 bridgehead atoms. The van der Waals surface area contributed by atoms with E-state index in [1.807, 2.05) is 0 Å². The summed E-state index contributed by atoms with van der Waals surface area (Å²) in [4.78, 5) is 2.53. The minimum absolute atomic E-state index is 0.223. The van der Waals surface area contributed by atoms with Crippen LogP contribution in [0.4, 0.5) is 4.39 Å². The second-order valence-corrected chi connectivity index (χ2v) is 5.28. The van der Waals surface area contributed by atoms with E-state index in [0.29, 0.717) is 12.6 Å². The van der Waals surface area contributed by atoms with Crippen molar-refractivity contribution < 1.29 is 9.13 Å². The molecular weight excluding hydrogens is 255 g/mol. The van der Waals surface area contributed by atoms with E-state index < -0.39 is 0 Å². The van der Waals surface area contributed by atoms with Gasteiger partial charge in [0.15, 0.2) is 0 Å². The van der Waals surface area contributed by atoms with E-state index in [9.17, 15) is 4.39 Å². The van der Waals surface area contributed by atoms with Crippen molar-refractivity contribution in [1.29, 1.82) is 0 Å². The van der Waals surface area contributed by atoms with E-state index in [-0.39, 0.29) is 5.82 Å². The fourth-order valence-corrected chi connectivity index (χ4v) is 2.73. The Labute approximate surface area is 121 Å². The average Bonchev–Trinajstić information content (AvgIpc) is 2.50. The van der Waals surface area contributed by atoms with Gasteiger partial charge in [-0.25, -0.2) is 4.39 Å². The molecule has 0 spiro atoms. The van der Waals surface area contributed by atoms with Gasteiger partial charge in [0.1, 0.15) is 11.6 Å². The third-order valence-corrected chi connectivity index (χ3v) is 3.87. The fraction of sp³-hybridized carbons (Fsp3) is 0.625. The van der Waals surface area contributed by atoms with Crippen molar-refractivity contribution in [3.8, 4) is 5.75 Å². The smallest absolute Gasteiger partial charge is 0.123 e. The highest BCUT2D eigenvalue weighted by molar-refractivity contribution is 5.21. The van der Waals surface area contributed by atoms with Gasteiger partial charge in [0.05, 0.1) is 6.61 Å². The van der Waals surface area contributed by atoms with Crippen LogP contribution >= 0.6 is 0 Å². The summed E-state index contributed by atoms with van der Waals surface area (Å²) in [6, 6.07) is 6.89. The number of benzene rings is 1. The third kappa shape index (κ3) is 4.76. The zero-order valence-electron chi connectivity index (χ0n) is 12.3. The first kappa shape index (κ1) is 15.3. The quantitative estimate of drug-likeness (QED) is 0.777. The van der Waals surface area contributed by atoms with Crippen molar-refractivity contribution in [2.45, 2.75) is 32.2 Å². The number of hydrogen-bond donors (Lipinski definition) is 1. The van der Waals surface area contributed by atoms with E-state index in [1.165, 1.54) is 25.0 Å². The topological polar surface area (TPSA) is 24.5 Å². The number of halogens is 1. The molecule has 0 aliphatic carbocycles. The zero-order chi connectivity index (χ0) is 14.2. The molecule has 1 aliphatic heterocycles. The van der Waals surface area contributed by atoms with Crippen molar-refractivity contribution in [2.75, 3.05) is 32.8 Å². The summed E-state index contributed by atoms with van der Waals surface area (Å²) in [5.41, 5.74) is 0. The van der Waals surface area contributed by atoms with Crippen LogP contribution in [0, 0.1) is 5.82 Å². The van der Waals surface area contributed by atoms with Gasteiger partial charge in [0.2, 0.25) is 0 Å². The SMILES string of the molecule is CCN(CCCOc1ccc(F)cc1)C1CCCNC1. The average molecular weight is 280 g/mol. The van der Waals surface area contributed by atoms with Crippen molar-refractivity contribution in [3.63, 3.8) is 0 Å². The molecule has 0 saturated carbocycles. The second kappa shape index (κ2) is 8.22. The first-order valence-electron chi connectivity index (χ1n) is 7.62. The Morgan fingerprint density at radius 2 is 2.15 bits per heavy atom. The van der Waals surface area contributed by atoms with Crippen LogP contribution in [-0.2, 0) is 0 Å². The molecule has 0 radical (unpaired) electrons. The van der Waals surface area contributed by atoms with Gasteiger partial charge in [-0.15, -0.1) is 0 Å². The highest BCUT2D eigenvalue weighted by Gasteiger charge is 2.18. The van der Waals surface area contributed by atoms with Crippen LogP contribution in [0.3, 0.4) is 0 Å². The lowest BCUT2D eigenvalue weighted by molar-refractivity contribution is 0.160. The Morgan fingerprint density at radius 1 is 1.35 bits per heavy atom. The lowest BCUT2D eigenvalue weighted by Crippen LogP contribution is -2.46. The number of nitrogens with one attached hydrogen (secondary N) is 1. The van der Waals surface area contributed by atoms with Crippen molar-refractivity contribution in [2.24, 2.45) is 0 Å². The first-order valence-corrected chi connectivity index (χ1v) is 7.62. The van der Waals surface area contributed by atoms with Crippen LogP contribution < -0.4 is 10.1 Å². The van der Waals surface area contributed by atoms with Gasteiger partial charge in [-0.2, -0.15) is 0 Å². The zero-order valence-corrected chi connectivity index (χ0v) is 12.3. The molecule has 2 rings (SSSR count). The van der Waals surface area contributed by atoms with E-state index >= 15 is 0 Å². The van der Waals surface area contributed by atoms with Crippen LogP contribution in [0.15, 0.2) is 24.3 Å². The Kier molecular flexibility index (Phi) is 6.27. The molecule has 0 amide bonds. The van der Waals surface area contributed by atoms with E-state index in [0.717, 1.165) is 38.3 Å². The van der Waals surface area contributed by atoms with Gasteiger partial charge < -0.3 is 10.1 Å². The minimum atomic E-state index is -0.223. The highest BCUT2D eigenvalue weighted by Crippen LogP contribution is 2.13. The fourth-order valence-electron chi connectivity index (χ4n) is 2.73. The van der Waals surface area contributed by atoms with Gasteiger partial charge in [-0.05, 0) is 56.6 Å².